The van der Waals surface area contributed by atoms with Gasteiger partial charge in [-0.25, -0.2) is 0 Å². The second-order valence-electron chi connectivity index (χ2n) is 11.1. The predicted octanol–water partition coefficient (Wildman–Crippen LogP) is 6.94. The molecule has 0 bridgehead atoms. The Labute approximate surface area is 217 Å². The van der Waals surface area contributed by atoms with Crippen LogP contribution >= 0.6 is 0 Å². The van der Waals surface area contributed by atoms with Gasteiger partial charge in [0, 0.05) is 5.92 Å². The average molecular weight is 511 g/mol. The lowest BCUT2D eigenvalue weighted by molar-refractivity contribution is -0.167. The molecule has 1 aromatic rings. The summed E-state index contributed by atoms with van der Waals surface area (Å²) in [4.78, 5) is 26.8. The maximum Gasteiger partial charge on any atom is 0.328 e. The first-order valence-electron chi connectivity index (χ1n) is 13.0. The highest BCUT2D eigenvalue weighted by Crippen LogP contribution is 2.54. The molecule has 2 aliphatic carbocycles. The number of benzene rings is 1. The number of methoxy groups -OCH3 is 2. The number of ether oxygens (including phenoxy) is 2. The van der Waals surface area contributed by atoms with Crippen LogP contribution in [0.25, 0.3) is 0 Å². The summed E-state index contributed by atoms with van der Waals surface area (Å²) in [6.45, 7) is 15.6. The fraction of sp³-hybridized carbons (Fsp3) is 0.533. The van der Waals surface area contributed by atoms with E-state index < -0.39 is 31.6 Å². The van der Waals surface area contributed by atoms with Crippen LogP contribution in [-0.4, -0.2) is 34.5 Å². The molecule has 0 spiro atoms. The van der Waals surface area contributed by atoms with Crippen molar-refractivity contribution in [2.24, 2.45) is 17.3 Å². The van der Waals surface area contributed by atoms with E-state index in [1.54, 1.807) is 6.08 Å². The van der Waals surface area contributed by atoms with Gasteiger partial charge in [0.1, 0.15) is 0 Å². The van der Waals surface area contributed by atoms with Gasteiger partial charge in [0.2, 0.25) is 0 Å². The first-order valence-corrected chi connectivity index (χ1v) is 15.1. The molecule has 2 aliphatic rings. The smallest absolute Gasteiger partial charge is 0.328 e. The van der Waals surface area contributed by atoms with E-state index in [2.05, 4.69) is 72.8 Å². The molecule has 0 amide bonds. The predicted molar refractivity (Wildman–Crippen MR) is 146 cm³/mol. The zero-order chi connectivity index (χ0) is 26.8. The minimum atomic E-state index is -2.43. The Morgan fingerprint density at radius 3 is 1.86 bits per heavy atom. The van der Waals surface area contributed by atoms with Gasteiger partial charge >= 0.3 is 11.9 Å². The van der Waals surface area contributed by atoms with Crippen molar-refractivity contribution in [2.75, 3.05) is 14.2 Å². The minimum absolute atomic E-state index is 0.0267. The normalized spacial score (nSPS) is 23.2. The molecule has 3 atom stereocenters. The maximum absolute atomic E-state index is 13.4. The molecule has 0 radical (unpaired) electrons. The largest absolute Gasteiger partial charge is 0.545 e. The van der Waals surface area contributed by atoms with Crippen LogP contribution in [0.5, 0.6) is 0 Å². The third kappa shape index (κ3) is 4.49. The monoisotopic (exact) mass is 510 g/mol. The van der Waals surface area contributed by atoms with Gasteiger partial charge in [0.15, 0.2) is 5.41 Å². The number of carbonyl (C=O) groups excluding carboxylic acids is 2. The van der Waals surface area contributed by atoms with E-state index >= 15 is 0 Å². The summed E-state index contributed by atoms with van der Waals surface area (Å²) < 4.78 is 17.7. The quantitative estimate of drug-likeness (QED) is 0.215. The summed E-state index contributed by atoms with van der Waals surface area (Å²) in [5.41, 5.74) is 1.39. The van der Waals surface area contributed by atoms with Crippen molar-refractivity contribution >= 4 is 20.3 Å². The number of fused-ring (bicyclic) bond motifs is 1. The molecule has 3 rings (SSSR count). The molecule has 0 fully saturated rings. The number of carbonyl (C=O) groups is 2. The van der Waals surface area contributed by atoms with Crippen molar-refractivity contribution in [3.63, 3.8) is 0 Å². The summed E-state index contributed by atoms with van der Waals surface area (Å²) in [6, 6.07) is 10.3. The third-order valence-corrected chi connectivity index (χ3v) is 14.2. The van der Waals surface area contributed by atoms with Crippen molar-refractivity contribution < 1.29 is 23.5 Å². The second kappa shape index (κ2) is 10.8. The second-order valence-corrected chi connectivity index (χ2v) is 16.4. The molecule has 36 heavy (non-hydrogen) atoms. The van der Waals surface area contributed by atoms with Gasteiger partial charge in [-0.15, -0.1) is 0 Å². The SMILES string of the molecule is COC(=O)C1(C(=O)OC)C=CC2=C[C@@H](C)[C@@H](c3ccccc3)C=C(O[Si](C(C)C)(C(C)C)C(C)C)[C@H]21. The summed E-state index contributed by atoms with van der Waals surface area (Å²) >= 11 is 0. The number of allylic oxidation sites excluding steroid dienone is 4. The molecule has 0 unspecified atom stereocenters. The van der Waals surface area contributed by atoms with Crippen LogP contribution in [0.15, 0.2) is 66.0 Å². The molecule has 0 saturated heterocycles. The van der Waals surface area contributed by atoms with E-state index in [0.717, 1.165) is 5.57 Å². The number of rotatable bonds is 8. The fourth-order valence-corrected chi connectivity index (χ4v) is 11.9. The number of hydrogen-bond donors (Lipinski definition) is 0. The zero-order valence-corrected chi connectivity index (χ0v) is 24.2. The molecule has 5 nitrogen and oxygen atoms in total. The molecule has 196 valence electrons. The zero-order valence-electron chi connectivity index (χ0n) is 23.2. The topological polar surface area (TPSA) is 61.8 Å². The van der Waals surface area contributed by atoms with Gasteiger partial charge in [0.25, 0.3) is 8.32 Å². The summed E-state index contributed by atoms with van der Waals surface area (Å²) in [6.07, 6.45) is 7.86. The molecular formula is C30H42O5Si. The maximum atomic E-state index is 13.4. The Morgan fingerprint density at radius 2 is 1.39 bits per heavy atom. The van der Waals surface area contributed by atoms with Crippen molar-refractivity contribution in [3.8, 4) is 0 Å². The van der Waals surface area contributed by atoms with Crippen LogP contribution in [0.2, 0.25) is 16.6 Å². The lowest BCUT2D eigenvalue weighted by Crippen LogP contribution is -2.51. The van der Waals surface area contributed by atoms with E-state index in [4.69, 9.17) is 13.9 Å². The van der Waals surface area contributed by atoms with E-state index in [1.165, 1.54) is 19.8 Å². The lowest BCUT2D eigenvalue weighted by Gasteiger charge is -2.45. The van der Waals surface area contributed by atoms with E-state index in [-0.39, 0.29) is 11.8 Å². The summed E-state index contributed by atoms with van der Waals surface area (Å²) in [7, 11) is 0.198. The van der Waals surface area contributed by atoms with Gasteiger partial charge in [0.05, 0.1) is 25.9 Å². The van der Waals surface area contributed by atoms with Gasteiger partial charge in [-0.1, -0.05) is 97.0 Å². The van der Waals surface area contributed by atoms with E-state index in [1.807, 2.05) is 24.3 Å². The molecular weight excluding hydrogens is 468 g/mol. The van der Waals surface area contributed by atoms with Crippen molar-refractivity contribution in [2.45, 2.75) is 71.0 Å². The summed E-state index contributed by atoms with van der Waals surface area (Å²) in [5.74, 6) is -1.08. The molecule has 1 aromatic carbocycles. The highest BCUT2D eigenvalue weighted by molar-refractivity contribution is 6.77. The van der Waals surface area contributed by atoms with E-state index in [9.17, 15) is 9.59 Å². The Bertz CT molecular complexity index is 1010. The number of esters is 2. The minimum Gasteiger partial charge on any atom is -0.545 e. The van der Waals surface area contributed by atoms with Crippen LogP contribution in [0.1, 0.15) is 59.9 Å². The Kier molecular flexibility index (Phi) is 8.39. The lowest BCUT2D eigenvalue weighted by atomic mass is 9.75. The van der Waals surface area contributed by atoms with Crippen molar-refractivity contribution in [1.82, 2.24) is 0 Å². The van der Waals surface area contributed by atoms with Gasteiger partial charge in [-0.05, 0) is 39.8 Å². The fourth-order valence-electron chi connectivity index (χ4n) is 6.57. The molecule has 0 aromatic heterocycles. The number of hydrogen-bond acceptors (Lipinski definition) is 5. The Balaban J connectivity index is 2.33. The highest BCUT2D eigenvalue weighted by atomic mass is 28.4. The molecule has 0 heterocycles. The standard InChI is InChI=1S/C30H42O5Si/c1-19(2)36(20(3)4,21(5)6)35-26-18-25(23-13-11-10-12-14-23)22(7)17-24-15-16-30(27(24)26,28(31)33-8)29(32)34-9/h10-22,25,27H,1-9H3/t22-,25+,27+/m1/s1. The van der Waals surface area contributed by atoms with Crippen LogP contribution in [-0.2, 0) is 23.5 Å². The third-order valence-electron chi connectivity index (χ3n) is 8.21. The summed E-state index contributed by atoms with van der Waals surface area (Å²) in [5, 5.41) is 0. The van der Waals surface area contributed by atoms with Crippen LogP contribution < -0.4 is 0 Å². The first kappa shape index (κ1) is 28.0. The van der Waals surface area contributed by atoms with Gasteiger partial charge in [-0.3, -0.25) is 9.59 Å². The molecule has 6 heteroatoms. The van der Waals surface area contributed by atoms with Crippen molar-refractivity contribution in [1.29, 1.82) is 0 Å². The van der Waals surface area contributed by atoms with Gasteiger partial charge in [-0.2, -0.15) is 0 Å². The molecule has 0 saturated carbocycles. The first-order chi connectivity index (χ1) is 17.0. The molecule has 0 N–H and O–H groups in total. The Hall–Kier alpha value is -2.60. The van der Waals surface area contributed by atoms with Crippen LogP contribution in [0.3, 0.4) is 0 Å². The Morgan fingerprint density at radius 1 is 0.861 bits per heavy atom. The van der Waals surface area contributed by atoms with Crippen molar-refractivity contribution in [3.05, 3.63) is 71.5 Å². The average Bonchev–Trinajstić information content (AvgIpc) is 3.16. The highest BCUT2D eigenvalue weighted by Gasteiger charge is 2.60. The van der Waals surface area contributed by atoms with Gasteiger partial charge < -0.3 is 13.9 Å². The van der Waals surface area contributed by atoms with Crippen LogP contribution in [0.4, 0.5) is 0 Å². The van der Waals surface area contributed by atoms with E-state index in [0.29, 0.717) is 22.4 Å². The van der Waals surface area contributed by atoms with Crippen LogP contribution in [0, 0.1) is 17.3 Å². The molecule has 0 aliphatic heterocycles.